The van der Waals surface area contributed by atoms with Crippen LogP contribution >= 0.6 is 15.9 Å². The third-order valence-corrected chi connectivity index (χ3v) is 4.60. The average Bonchev–Trinajstić information content (AvgIpc) is 2.55. The van der Waals surface area contributed by atoms with Crippen LogP contribution in [0.15, 0.2) is 28.7 Å². The number of nitrogens with one attached hydrogen (secondary N) is 1. The van der Waals surface area contributed by atoms with E-state index in [1.807, 2.05) is 24.3 Å². The Kier molecular flexibility index (Phi) is 6.15. The molecule has 124 valence electrons. The van der Waals surface area contributed by atoms with Gasteiger partial charge in [-0.25, -0.2) is 0 Å². The Hall–Kier alpha value is -1.89. The van der Waals surface area contributed by atoms with Crippen LogP contribution in [-0.2, 0) is 20.8 Å². The van der Waals surface area contributed by atoms with E-state index in [1.54, 1.807) is 9.80 Å². The largest absolute Gasteiger partial charge is 0.347 e. The second kappa shape index (κ2) is 8.10. The van der Waals surface area contributed by atoms with E-state index in [2.05, 4.69) is 21.2 Å². The summed E-state index contributed by atoms with van der Waals surface area (Å²) in [5.74, 6) is -0.278. The Balaban J connectivity index is 1.75. The van der Waals surface area contributed by atoms with E-state index in [4.69, 9.17) is 0 Å². The number of nitrogens with zero attached hydrogens (tertiary/aromatic N) is 2. The first-order chi connectivity index (χ1) is 11.0. The van der Waals surface area contributed by atoms with Gasteiger partial charge in [0.2, 0.25) is 17.7 Å². The number of carbonyl (C=O) groups is 3. The van der Waals surface area contributed by atoms with Gasteiger partial charge < -0.3 is 15.1 Å². The molecule has 0 saturated carbocycles. The minimum Gasteiger partial charge on any atom is -0.347 e. The summed E-state index contributed by atoms with van der Waals surface area (Å²) in [7, 11) is 0. The lowest BCUT2D eigenvalue weighted by Gasteiger charge is -2.34. The summed E-state index contributed by atoms with van der Waals surface area (Å²) in [4.78, 5) is 38.7. The number of piperazine rings is 1. The normalized spacial score (nSPS) is 14.5. The molecular formula is C16H20BrN3O3. The molecular weight excluding hydrogens is 362 g/mol. The van der Waals surface area contributed by atoms with Gasteiger partial charge in [-0.3, -0.25) is 14.4 Å². The quantitative estimate of drug-likeness (QED) is 0.838. The topological polar surface area (TPSA) is 69.7 Å². The molecule has 23 heavy (non-hydrogen) atoms. The predicted octanol–water partition coefficient (Wildman–Crippen LogP) is 0.799. The highest BCUT2D eigenvalue weighted by atomic mass is 79.9. The highest BCUT2D eigenvalue weighted by Gasteiger charge is 2.22. The van der Waals surface area contributed by atoms with Crippen LogP contribution in [0, 0.1) is 0 Å². The minimum absolute atomic E-state index is 0.0106. The lowest BCUT2D eigenvalue weighted by Crippen LogP contribution is -2.52. The first kappa shape index (κ1) is 17.5. The molecule has 0 spiro atoms. The Morgan fingerprint density at radius 3 is 2.30 bits per heavy atom. The molecule has 1 N–H and O–H groups in total. The van der Waals surface area contributed by atoms with Crippen molar-refractivity contribution in [1.29, 1.82) is 0 Å². The van der Waals surface area contributed by atoms with Crippen molar-refractivity contribution < 1.29 is 14.4 Å². The van der Waals surface area contributed by atoms with Crippen LogP contribution in [0.4, 0.5) is 0 Å². The maximum atomic E-state index is 12.1. The van der Waals surface area contributed by atoms with Crippen molar-refractivity contribution in [2.45, 2.75) is 13.3 Å². The van der Waals surface area contributed by atoms with Gasteiger partial charge in [0.15, 0.2) is 0 Å². The predicted molar refractivity (Wildman–Crippen MR) is 89.7 cm³/mol. The summed E-state index contributed by atoms with van der Waals surface area (Å²) in [5, 5.41) is 2.66. The summed E-state index contributed by atoms with van der Waals surface area (Å²) in [6, 6.07) is 7.50. The zero-order chi connectivity index (χ0) is 16.8. The van der Waals surface area contributed by atoms with Gasteiger partial charge in [-0.05, 0) is 11.6 Å². The molecule has 0 bridgehead atoms. The molecule has 1 aromatic rings. The number of carbonyl (C=O) groups excluding carboxylic acids is 3. The fourth-order valence-corrected chi connectivity index (χ4v) is 2.86. The van der Waals surface area contributed by atoms with Crippen LogP contribution in [0.3, 0.4) is 0 Å². The van der Waals surface area contributed by atoms with Crippen molar-refractivity contribution in [2.75, 3.05) is 32.7 Å². The van der Waals surface area contributed by atoms with Crippen molar-refractivity contribution >= 4 is 33.7 Å². The molecule has 0 aromatic heterocycles. The maximum Gasteiger partial charge on any atom is 0.242 e. The minimum atomic E-state index is -0.187. The van der Waals surface area contributed by atoms with Crippen molar-refractivity contribution in [3.8, 4) is 0 Å². The number of hydrogen-bond acceptors (Lipinski definition) is 3. The van der Waals surface area contributed by atoms with E-state index in [-0.39, 0.29) is 30.7 Å². The van der Waals surface area contributed by atoms with Gasteiger partial charge in [-0.2, -0.15) is 0 Å². The monoisotopic (exact) mass is 381 g/mol. The molecule has 2 rings (SSSR count). The van der Waals surface area contributed by atoms with E-state index < -0.39 is 0 Å². The molecule has 1 saturated heterocycles. The van der Waals surface area contributed by atoms with Crippen molar-refractivity contribution in [1.82, 2.24) is 15.1 Å². The van der Waals surface area contributed by atoms with Crippen molar-refractivity contribution in [3.63, 3.8) is 0 Å². The molecule has 1 aliphatic heterocycles. The number of amides is 3. The molecule has 0 aliphatic carbocycles. The molecule has 1 aliphatic rings. The standard InChI is InChI=1S/C16H20BrN3O3/c1-12(21)19-6-8-20(9-7-19)16(23)11-18-15(22)10-13-4-2-3-5-14(13)17/h2-5H,6-11H2,1H3,(H,18,22). The van der Waals surface area contributed by atoms with Gasteiger partial charge in [0.25, 0.3) is 0 Å². The van der Waals surface area contributed by atoms with E-state index in [0.29, 0.717) is 26.2 Å². The van der Waals surface area contributed by atoms with E-state index in [0.717, 1.165) is 10.0 Å². The molecule has 1 fully saturated rings. The Labute approximate surface area is 143 Å². The van der Waals surface area contributed by atoms with Gasteiger partial charge in [0.1, 0.15) is 0 Å². The molecule has 1 heterocycles. The van der Waals surface area contributed by atoms with Gasteiger partial charge in [-0.1, -0.05) is 34.1 Å². The smallest absolute Gasteiger partial charge is 0.242 e. The van der Waals surface area contributed by atoms with Gasteiger partial charge in [-0.15, -0.1) is 0 Å². The Morgan fingerprint density at radius 1 is 1.09 bits per heavy atom. The lowest BCUT2D eigenvalue weighted by molar-refractivity contribution is -0.138. The maximum absolute atomic E-state index is 12.1. The molecule has 7 heteroatoms. The molecule has 0 radical (unpaired) electrons. The fraction of sp³-hybridized carbons (Fsp3) is 0.438. The van der Waals surface area contributed by atoms with E-state index >= 15 is 0 Å². The van der Waals surface area contributed by atoms with Gasteiger partial charge >= 0.3 is 0 Å². The molecule has 3 amide bonds. The Morgan fingerprint density at radius 2 is 1.70 bits per heavy atom. The second-order valence-corrected chi connectivity index (χ2v) is 6.29. The first-order valence-corrected chi connectivity index (χ1v) is 8.30. The van der Waals surface area contributed by atoms with Gasteiger partial charge in [0, 0.05) is 37.6 Å². The van der Waals surface area contributed by atoms with Crippen LogP contribution < -0.4 is 5.32 Å². The zero-order valence-electron chi connectivity index (χ0n) is 13.0. The zero-order valence-corrected chi connectivity index (χ0v) is 14.6. The third kappa shape index (κ3) is 5.06. The van der Waals surface area contributed by atoms with E-state index in [9.17, 15) is 14.4 Å². The second-order valence-electron chi connectivity index (χ2n) is 5.43. The number of rotatable bonds is 4. The number of hydrogen-bond donors (Lipinski definition) is 1. The summed E-state index contributed by atoms with van der Waals surface area (Å²) in [5.41, 5.74) is 0.882. The van der Waals surface area contributed by atoms with Crippen LogP contribution in [-0.4, -0.2) is 60.2 Å². The molecule has 0 atom stereocenters. The fourth-order valence-electron chi connectivity index (χ4n) is 2.43. The van der Waals surface area contributed by atoms with Crippen LogP contribution in [0.1, 0.15) is 12.5 Å². The highest BCUT2D eigenvalue weighted by Crippen LogP contribution is 2.16. The first-order valence-electron chi connectivity index (χ1n) is 7.51. The third-order valence-electron chi connectivity index (χ3n) is 3.82. The molecule has 1 aromatic carbocycles. The summed E-state index contributed by atoms with van der Waals surface area (Å²) in [6.45, 7) is 3.64. The number of halogens is 1. The SMILES string of the molecule is CC(=O)N1CCN(C(=O)CNC(=O)Cc2ccccc2Br)CC1. The Bertz CT molecular complexity index is 598. The highest BCUT2D eigenvalue weighted by molar-refractivity contribution is 9.10. The number of benzene rings is 1. The summed E-state index contributed by atoms with van der Waals surface area (Å²) in [6.07, 6.45) is 0.229. The molecule has 0 unspecified atom stereocenters. The van der Waals surface area contributed by atoms with Crippen LogP contribution in [0.5, 0.6) is 0 Å². The van der Waals surface area contributed by atoms with Gasteiger partial charge in [0.05, 0.1) is 13.0 Å². The molecule has 6 nitrogen and oxygen atoms in total. The lowest BCUT2D eigenvalue weighted by atomic mass is 10.1. The average molecular weight is 382 g/mol. The van der Waals surface area contributed by atoms with Crippen LogP contribution in [0.25, 0.3) is 0 Å². The van der Waals surface area contributed by atoms with Crippen molar-refractivity contribution in [3.05, 3.63) is 34.3 Å². The van der Waals surface area contributed by atoms with E-state index in [1.165, 1.54) is 6.92 Å². The van der Waals surface area contributed by atoms with Crippen LogP contribution in [0.2, 0.25) is 0 Å². The summed E-state index contributed by atoms with van der Waals surface area (Å²) < 4.78 is 0.877. The summed E-state index contributed by atoms with van der Waals surface area (Å²) >= 11 is 3.40. The van der Waals surface area contributed by atoms with Crippen molar-refractivity contribution in [2.24, 2.45) is 0 Å².